The molecule has 1 atom stereocenters. The van der Waals surface area contributed by atoms with Crippen molar-refractivity contribution in [1.29, 1.82) is 0 Å². The molecule has 2 aromatic rings. The molecular weight excluding hydrogens is 410 g/mol. The molecule has 1 fully saturated rings. The number of benzene rings is 2. The Labute approximate surface area is 187 Å². The van der Waals surface area contributed by atoms with Crippen LogP contribution in [0.4, 0.5) is 5.69 Å². The summed E-state index contributed by atoms with van der Waals surface area (Å²) in [5.41, 5.74) is 8.35. The average Bonchev–Trinajstić information content (AvgIpc) is 3.28. The van der Waals surface area contributed by atoms with Crippen molar-refractivity contribution in [2.24, 2.45) is 5.73 Å². The number of rotatable bonds is 9. The second kappa shape index (κ2) is 10.8. The predicted molar refractivity (Wildman–Crippen MR) is 121 cm³/mol. The van der Waals surface area contributed by atoms with E-state index in [9.17, 15) is 14.4 Å². The van der Waals surface area contributed by atoms with Gasteiger partial charge in [0.15, 0.2) is 6.61 Å². The second-order valence-electron chi connectivity index (χ2n) is 7.89. The van der Waals surface area contributed by atoms with Crippen LogP contribution in [-0.2, 0) is 14.3 Å². The Morgan fingerprint density at radius 3 is 2.69 bits per heavy atom. The average molecular weight is 440 g/mol. The van der Waals surface area contributed by atoms with E-state index in [-0.39, 0.29) is 31.1 Å². The summed E-state index contributed by atoms with van der Waals surface area (Å²) < 4.78 is 11.2. The first-order valence-corrected chi connectivity index (χ1v) is 10.6. The van der Waals surface area contributed by atoms with Crippen LogP contribution in [0.25, 0.3) is 0 Å². The van der Waals surface area contributed by atoms with E-state index in [0.717, 1.165) is 29.7 Å². The van der Waals surface area contributed by atoms with Crippen molar-refractivity contribution in [2.45, 2.75) is 32.8 Å². The van der Waals surface area contributed by atoms with Crippen LogP contribution in [0.15, 0.2) is 42.5 Å². The number of nitrogens with one attached hydrogen (secondary N) is 1. The van der Waals surface area contributed by atoms with Crippen molar-refractivity contribution in [1.82, 2.24) is 4.90 Å². The Hall–Kier alpha value is -3.39. The predicted octanol–water partition coefficient (Wildman–Crippen LogP) is 2.43. The van der Waals surface area contributed by atoms with Crippen LogP contribution in [0.5, 0.6) is 5.75 Å². The first kappa shape index (κ1) is 23.3. The van der Waals surface area contributed by atoms with Crippen LogP contribution in [-0.4, -0.2) is 55.0 Å². The zero-order valence-corrected chi connectivity index (χ0v) is 18.4. The molecule has 1 saturated heterocycles. The molecule has 0 spiro atoms. The van der Waals surface area contributed by atoms with E-state index in [4.69, 9.17) is 15.2 Å². The monoisotopic (exact) mass is 439 g/mol. The number of hydrogen-bond donors (Lipinski definition) is 2. The fraction of sp³-hybridized carbons (Fsp3) is 0.375. The van der Waals surface area contributed by atoms with E-state index >= 15 is 0 Å². The lowest BCUT2D eigenvalue weighted by Crippen LogP contribution is -2.44. The second-order valence-corrected chi connectivity index (χ2v) is 7.89. The first-order valence-electron chi connectivity index (χ1n) is 10.6. The number of aryl methyl sites for hydroxylation is 1. The molecule has 8 nitrogen and oxygen atoms in total. The number of anilines is 1. The van der Waals surface area contributed by atoms with Gasteiger partial charge in [0.2, 0.25) is 11.8 Å². The standard InChI is InChI=1S/C24H29N3O5/c1-16-6-3-10-21(17(16)2)26-22(28)14-27(13-20-9-5-11-31-20)23(29)15-32-19-8-4-7-18(12-19)24(25)30/h3-4,6-8,10,12,20H,5,9,11,13-15H2,1-2H3,(H2,25,30)(H,26,28). The molecule has 1 heterocycles. The summed E-state index contributed by atoms with van der Waals surface area (Å²) in [5.74, 6) is -0.863. The summed E-state index contributed by atoms with van der Waals surface area (Å²) in [6, 6.07) is 12.0. The van der Waals surface area contributed by atoms with Crippen molar-refractivity contribution < 1.29 is 23.9 Å². The van der Waals surface area contributed by atoms with Gasteiger partial charge in [0.1, 0.15) is 12.3 Å². The molecule has 170 valence electrons. The highest BCUT2D eigenvalue weighted by atomic mass is 16.5. The molecule has 32 heavy (non-hydrogen) atoms. The molecule has 2 aromatic carbocycles. The zero-order valence-electron chi connectivity index (χ0n) is 18.4. The number of hydrogen-bond acceptors (Lipinski definition) is 5. The molecule has 0 radical (unpaired) electrons. The topological polar surface area (TPSA) is 111 Å². The largest absolute Gasteiger partial charge is 0.484 e. The van der Waals surface area contributed by atoms with Gasteiger partial charge in [0.05, 0.1) is 6.10 Å². The van der Waals surface area contributed by atoms with Gasteiger partial charge in [-0.3, -0.25) is 14.4 Å². The van der Waals surface area contributed by atoms with Crippen LogP contribution >= 0.6 is 0 Å². The maximum atomic E-state index is 12.9. The Kier molecular flexibility index (Phi) is 7.83. The van der Waals surface area contributed by atoms with Gasteiger partial charge in [-0.25, -0.2) is 0 Å². The summed E-state index contributed by atoms with van der Waals surface area (Å²) in [7, 11) is 0. The van der Waals surface area contributed by atoms with Crippen molar-refractivity contribution in [3.05, 3.63) is 59.2 Å². The lowest BCUT2D eigenvalue weighted by Gasteiger charge is -2.25. The van der Waals surface area contributed by atoms with Crippen molar-refractivity contribution in [2.75, 3.05) is 31.6 Å². The van der Waals surface area contributed by atoms with Gasteiger partial charge < -0.3 is 25.4 Å². The van der Waals surface area contributed by atoms with Gasteiger partial charge in [0, 0.05) is 24.4 Å². The highest BCUT2D eigenvalue weighted by molar-refractivity contribution is 5.95. The summed E-state index contributed by atoms with van der Waals surface area (Å²) in [4.78, 5) is 38.4. The molecule has 0 aliphatic carbocycles. The molecule has 3 amide bonds. The molecule has 1 aliphatic heterocycles. The quantitative estimate of drug-likeness (QED) is 0.623. The Balaban J connectivity index is 1.65. The van der Waals surface area contributed by atoms with E-state index in [2.05, 4.69) is 5.32 Å². The molecule has 0 saturated carbocycles. The smallest absolute Gasteiger partial charge is 0.261 e. The van der Waals surface area contributed by atoms with Crippen molar-refractivity contribution in [3.63, 3.8) is 0 Å². The van der Waals surface area contributed by atoms with E-state index < -0.39 is 5.91 Å². The van der Waals surface area contributed by atoms with Gasteiger partial charge in [-0.15, -0.1) is 0 Å². The number of carbonyl (C=O) groups excluding carboxylic acids is 3. The van der Waals surface area contributed by atoms with Crippen molar-refractivity contribution in [3.8, 4) is 5.75 Å². The minimum Gasteiger partial charge on any atom is -0.484 e. The number of amides is 3. The maximum absolute atomic E-state index is 12.9. The number of primary amides is 1. The highest BCUT2D eigenvalue weighted by Gasteiger charge is 2.25. The Morgan fingerprint density at radius 2 is 1.97 bits per heavy atom. The third-order valence-corrected chi connectivity index (χ3v) is 5.49. The Bertz CT molecular complexity index is 985. The van der Waals surface area contributed by atoms with Crippen molar-refractivity contribution >= 4 is 23.4 Å². The summed E-state index contributed by atoms with van der Waals surface area (Å²) in [5, 5.41) is 2.89. The fourth-order valence-corrected chi connectivity index (χ4v) is 3.51. The fourth-order valence-electron chi connectivity index (χ4n) is 3.51. The third kappa shape index (κ3) is 6.31. The Morgan fingerprint density at radius 1 is 1.19 bits per heavy atom. The molecule has 0 bridgehead atoms. The molecule has 0 aromatic heterocycles. The minimum absolute atomic E-state index is 0.106. The van der Waals surface area contributed by atoms with Gasteiger partial charge in [-0.2, -0.15) is 0 Å². The van der Waals surface area contributed by atoms with Crippen LogP contribution < -0.4 is 15.8 Å². The van der Waals surface area contributed by atoms with Crippen LogP contribution in [0.1, 0.15) is 34.3 Å². The minimum atomic E-state index is -0.579. The van der Waals surface area contributed by atoms with Gasteiger partial charge >= 0.3 is 0 Å². The SMILES string of the molecule is Cc1cccc(NC(=O)CN(CC2CCCO2)C(=O)COc2cccc(C(N)=O)c2)c1C. The van der Waals surface area contributed by atoms with E-state index in [1.807, 2.05) is 32.0 Å². The first-order chi connectivity index (χ1) is 15.3. The number of carbonyl (C=O) groups is 3. The van der Waals surface area contributed by atoms with Gasteiger partial charge in [0.25, 0.3) is 5.91 Å². The summed E-state index contributed by atoms with van der Waals surface area (Å²) >= 11 is 0. The zero-order chi connectivity index (χ0) is 23.1. The normalized spacial score (nSPS) is 15.2. The highest BCUT2D eigenvalue weighted by Crippen LogP contribution is 2.19. The molecule has 8 heteroatoms. The van der Waals surface area contributed by atoms with E-state index in [0.29, 0.717) is 24.5 Å². The lowest BCUT2D eigenvalue weighted by molar-refractivity contribution is -0.138. The summed E-state index contributed by atoms with van der Waals surface area (Å²) in [6.45, 7) is 4.49. The molecular formula is C24H29N3O5. The van der Waals surface area contributed by atoms with Gasteiger partial charge in [-0.05, 0) is 62.1 Å². The lowest BCUT2D eigenvalue weighted by atomic mass is 10.1. The van der Waals surface area contributed by atoms with Crippen LogP contribution in [0, 0.1) is 13.8 Å². The molecule has 3 rings (SSSR count). The molecule has 3 N–H and O–H groups in total. The van der Waals surface area contributed by atoms with E-state index in [1.54, 1.807) is 18.2 Å². The summed E-state index contributed by atoms with van der Waals surface area (Å²) in [6.07, 6.45) is 1.66. The van der Waals surface area contributed by atoms with Crippen LogP contribution in [0.2, 0.25) is 0 Å². The third-order valence-electron chi connectivity index (χ3n) is 5.49. The molecule has 1 unspecified atom stereocenters. The number of nitrogens with two attached hydrogens (primary N) is 1. The van der Waals surface area contributed by atoms with E-state index in [1.165, 1.54) is 11.0 Å². The number of nitrogens with zero attached hydrogens (tertiary/aromatic N) is 1. The molecule has 1 aliphatic rings. The number of ether oxygens (including phenoxy) is 2. The maximum Gasteiger partial charge on any atom is 0.261 e. The van der Waals surface area contributed by atoms with Crippen LogP contribution in [0.3, 0.4) is 0 Å². The van der Waals surface area contributed by atoms with Gasteiger partial charge in [-0.1, -0.05) is 18.2 Å².